The highest BCUT2D eigenvalue weighted by Gasteiger charge is 2.50. The van der Waals surface area contributed by atoms with E-state index in [-0.39, 0.29) is 11.6 Å². The van der Waals surface area contributed by atoms with Gasteiger partial charge in [0.15, 0.2) is 0 Å². The lowest BCUT2D eigenvalue weighted by molar-refractivity contribution is 0.0788. The van der Waals surface area contributed by atoms with Crippen LogP contribution in [-0.4, -0.2) is 56.9 Å². The molecule has 6 heteroatoms. The lowest BCUT2D eigenvalue weighted by Crippen LogP contribution is -2.55. The Bertz CT molecular complexity index is 377. The van der Waals surface area contributed by atoms with Crippen LogP contribution in [0, 0.1) is 0 Å². The van der Waals surface area contributed by atoms with Gasteiger partial charge in [-0.1, -0.05) is 0 Å². The van der Waals surface area contributed by atoms with E-state index >= 15 is 0 Å². The first kappa shape index (κ1) is 14.2. The zero-order chi connectivity index (χ0) is 13.2. The standard InChI is InChI=1S/C12H24N2O3S/c1-3-17-10-11-4-5-12(6-8-13-9-7-12)14(11)18(2,15)16/h11,13H,3-10H2,1-2H3/t11-/m1/s1. The van der Waals surface area contributed by atoms with Crippen LogP contribution < -0.4 is 5.32 Å². The maximum Gasteiger partial charge on any atom is 0.212 e. The van der Waals surface area contributed by atoms with Gasteiger partial charge in [-0.05, 0) is 45.7 Å². The molecule has 2 aliphatic heterocycles. The molecule has 106 valence electrons. The van der Waals surface area contributed by atoms with Gasteiger partial charge in [0.25, 0.3) is 0 Å². The third kappa shape index (κ3) is 2.71. The highest BCUT2D eigenvalue weighted by atomic mass is 32.2. The fourth-order valence-corrected chi connectivity index (χ4v) is 5.13. The molecule has 2 fully saturated rings. The van der Waals surface area contributed by atoms with E-state index in [1.54, 1.807) is 4.31 Å². The molecule has 1 spiro atoms. The van der Waals surface area contributed by atoms with Crippen LogP contribution in [0.5, 0.6) is 0 Å². The van der Waals surface area contributed by atoms with E-state index < -0.39 is 10.0 Å². The van der Waals surface area contributed by atoms with Crippen molar-refractivity contribution in [1.29, 1.82) is 0 Å². The van der Waals surface area contributed by atoms with Gasteiger partial charge in [-0.2, -0.15) is 4.31 Å². The second kappa shape index (κ2) is 5.45. The largest absolute Gasteiger partial charge is 0.380 e. The van der Waals surface area contributed by atoms with E-state index in [9.17, 15) is 8.42 Å². The lowest BCUT2D eigenvalue weighted by Gasteiger charge is -2.42. The third-order valence-electron chi connectivity index (χ3n) is 4.15. The molecule has 1 N–H and O–H groups in total. The minimum Gasteiger partial charge on any atom is -0.380 e. The van der Waals surface area contributed by atoms with Gasteiger partial charge in [-0.15, -0.1) is 0 Å². The number of piperidine rings is 1. The second-order valence-electron chi connectivity index (χ2n) is 5.39. The minimum absolute atomic E-state index is 0.0260. The Labute approximate surface area is 110 Å². The zero-order valence-corrected chi connectivity index (χ0v) is 12.1. The number of nitrogens with zero attached hydrogens (tertiary/aromatic N) is 1. The molecule has 0 radical (unpaired) electrons. The van der Waals surface area contributed by atoms with Crippen LogP contribution in [0.4, 0.5) is 0 Å². The highest BCUT2D eigenvalue weighted by molar-refractivity contribution is 7.88. The Morgan fingerprint density at radius 1 is 1.33 bits per heavy atom. The predicted molar refractivity (Wildman–Crippen MR) is 71.0 cm³/mol. The summed E-state index contributed by atoms with van der Waals surface area (Å²) in [6.07, 6.45) is 5.07. The summed E-state index contributed by atoms with van der Waals surface area (Å²) in [5.41, 5.74) is -0.152. The molecule has 0 aliphatic carbocycles. The number of hydrogen-bond donors (Lipinski definition) is 1. The fourth-order valence-electron chi connectivity index (χ4n) is 3.44. The van der Waals surface area contributed by atoms with E-state index in [0.29, 0.717) is 13.2 Å². The molecule has 18 heavy (non-hydrogen) atoms. The summed E-state index contributed by atoms with van der Waals surface area (Å²) in [7, 11) is -3.16. The molecule has 2 aliphatic rings. The van der Waals surface area contributed by atoms with Gasteiger partial charge in [-0.3, -0.25) is 0 Å². The molecule has 2 heterocycles. The van der Waals surface area contributed by atoms with E-state index in [1.807, 2.05) is 6.92 Å². The molecule has 0 aromatic heterocycles. The summed E-state index contributed by atoms with van der Waals surface area (Å²) >= 11 is 0. The number of rotatable bonds is 4. The SMILES string of the molecule is CCOC[C@H]1CCC2(CCNCC2)N1S(C)(=O)=O. The van der Waals surface area contributed by atoms with Crippen molar-refractivity contribution in [2.75, 3.05) is 32.6 Å². The summed E-state index contributed by atoms with van der Waals surface area (Å²) in [6.45, 7) is 4.93. The maximum atomic E-state index is 12.1. The van der Waals surface area contributed by atoms with Crippen LogP contribution in [0.3, 0.4) is 0 Å². The van der Waals surface area contributed by atoms with Crippen molar-refractivity contribution in [2.24, 2.45) is 0 Å². The van der Waals surface area contributed by atoms with Crippen molar-refractivity contribution in [1.82, 2.24) is 9.62 Å². The molecular weight excluding hydrogens is 252 g/mol. The summed E-state index contributed by atoms with van der Waals surface area (Å²) in [5.74, 6) is 0. The Balaban J connectivity index is 2.21. The van der Waals surface area contributed by atoms with Crippen LogP contribution >= 0.6 is 0 Å². The average Bonchev–Trinajstić information content (AvgIpc) is 2.66. The molecule has 0 amide bonds. The topological polar surface area (TPSA) is 58.6 Å². The first-order chi connectivity index (χ1) is 8.49. The minimum atomic E-state index is -3.16. The summed E-state index contributed by atoms with van der Waals surface area (Å²) in [5, 5.41) is 3.31. The van der Waals surface area contributed by atoms with Gasteiger partial charge in [0, 0.05) is 18.2 Å². The lowest BCUT2D eigenvalue weighted by atomic mass is 9.87. The molecule has 0 aromatic carbocycles. The normalized spacial score (nSPS) is 28.9. The van der Waals surface area contributed by atoms with E-state index in [0.717, 1.165) is 38.8 Å². The van der Waals surface area contributed by atoms with Gasteiger partial charge in [-0.25, -0.2) is 8.42 Å². The molecule has 0 bridgehead atoms. The fraction of sp³-hybridized carbons (Fsp3) is 1.00. The van der Waals surface area contributed by atoms with Crippen molar-refractivity contribution in [3.63, 3.8) is 0 Å². The zero-order valence-electron chi connectivity index (χ0n) is 11.3. The molecule has 2 rings (SSSR count). The summed E-state index contributed by atoms with van der Waals surface area (Å²) in [6, 6.07) is 0.0260. The number of hydrogen-bond acceptors (Lipinski definition) is 4. The average molecular weight is 276 g/mol. The first-order valence-electron chi connectivity index (χ1n) is 6.77. The Morgan fingerprint density at radius 2 is 2.00 bits per heavy atom. The van der Waals surface area contributed by atoms with Crippen molar-refractivity contribution >= 4 is 10.0 Å². The molecule has 0 aromatic rings. The first-order valence-corrected chi connectivity index (χ1v) is 8.62. The van der Waals surface area contributed by atoms with Gasteiger partial charge >= 0.3 is 0 Å². The van der Waals surface area contributed by atoms with Gasteiger partial charge in [0.05, 0.1) is 12.9 Å². The van der Waals surface area contributed by atoms with Crippen molar-refractivity contribution in [3.05, 3.63) is 0 Å². The Morgan fingerprint density at radius 3 is 2.56 bits per heavy atom. The number of nitrogens with one attached hydrogen (secondary N) is 1. The van der Waals surface area contributed by atoms with Gasteiger partial charge in [0.1, 0.15) is 0 Å². The van der Waals surface area contributed by atoms with Crippen LogP contribution in [0.25, 0.3) is 0 Å². The van der Waals surface area contributed by atoms with Crippen LogP contribution in [0.1, 0.15) is 32.6 Å². The Kier molecular flexibility index (Phi) is 4.31. The van der Waals surface area contributed by atoms with Crippen molar-refractivity contribution in [3.8, 4) is 0 Å². The predicted octanol–water partition coefficient (Wildman–Crippen LogP) is 0.569. The van der Waals surface area contributed by atoms with Gasteiger partial charge < -0.3 is 10.1 Å². The smallest absolute Gasteiger partial charge is 0.212 e. The van der Waals surface area contributed by atoms with Crippen LogP contribution in [0.2, 0.25) is 0 Å². The molecule has 2 saturated heterocycles. The molecule has 5 nitrogen and oxygen atoms in total. The van der Waals surface area contributed by atoms with Crippen molar-refractivity contribution < 1.29 is 13.2 Å². The number of sulfonamides is 1. The highest BCUT2D eigenvalue weighted by Crippen LogP contribution is 2.42. The van der Waals surface area contributed by atoms with Gasteiger partial charge in [0.2, 0.25) is 10.0 Å². The quantitative estimate of drug-likeness (QED) is 0.815. The van der Waals surface area contributed by atoms with Crippen molar-refractivity contribution in [2.45, 2.75) is 44.2 Å². The molecular formula is C12H24N2O3S. The number of ether oxygens (including phenoxy) is 1. The van der Waals surface area contributed by atoms with E-state index in [1.165, 1.54) is 6.26 Å². The second-order valence-corrected chi connectivity index (χ2v) is 7.24. The molecule has 0 unspecified atom stereocenters. The molecule has 1 atom stereocenters. The monoisotopic (exact) mass is 276 g/mol. The maximum absolute atomic E-state index is 12.1. The van der Waals surface area contributed by atoms with E-state index in [2.05, 4.69) is 5.32 Å². The van der Waals surface area contributed by atoms with E-state index in [4.69, 9.17) is 4.74 Å². The third-order valence-corrected chi connectivity index (χ3v) is 5.55. The molecule has 0 saturated carbocycles. The van der Waals surface area contributed by atoms with Crippen LogP contribution in [-0.2, 0) is 14.8 Å². The Hall–Kier alpha value is -0.170. The van der Waals surface area contributed by atoms with Crippen LogP contribution in [0.15, 0.2) is 0 Å². The summed E-state index contributed by atoms with van der Waals surface area (Å²) < 4.78 is 31.5. The summed E-state index contributed by atoms with van der Waals surface area (Å²) in [4.78, 5) is 0.